The van der Waals surface area contributed by atoms with Crippen LogP contribution in [0.2, 0.25) is 0 Å². The van der Waals surface area contributed by atoms with E-state index in [-0.39, 0.29) is 6.61 Å². The number of rotatable bonds is 3. The molecule has 0 amide bonds. The Morgan fingerprint density at radius 1 is 1.36 bits per heavy atom. The number of hydrogen-bond donors (Lipinski definition) is 2. The van der Waals surface area contributed by atoms with Gasteiger partial charge < -0.3 is 10.2 Å². The van der Waals surface area contributed by atoms with Crippen LogP contribution in [0.1, 0.15) is 28.3 Å². The fourth-order valence-corrected chi connectivity index (χ4v) is 1.73. The van der Waals surface area contributed by atoms with E-state index in [9.17, 15) is 4.79 Å². The number of aliphatic hydroxyl groups excluding tert-OH is 1. The standard InChI is InChI=1S/C11H12O3/c12-6-9-5-10(9)7-1-3-8(4-2-7)11(13)14/h1-4,9-10,12H,5-6H2,(H,13,14). The first-order valence-electron chi connectivity index (χ1n) is 4.66. The molecule has 0 spiro atoms. The summed E-state index contributed by atoms with van der Waals surface area (Å²) in [6.45, 7) is 0.228. The van der Waals surface area contributed by atoms with Crippen molar-refractivity contribution in [3.8, 4) is 0 Å². The van der Waals surface area contributed by atoms with Gasteiger partial charge in [-0.15, -0.1) is 0 Å². The maximum atomic E-state index is 10.6. The maximum Gasteiger partial charge on any atom is 0.335 e. The van der Waals surface area contributed by atoms with Crippen LogP contribution < -0.4 is 0 Å². The number of carbonyl (C=O) groups is 1. The molecule has 74 valence electrons. The van der Waals surface area contributed by atoms with E-state index >= 15 is 0 Å². The van der Waals surface area contributed by atoms with E-state index in [1.165, 1.54) is 0 Å². The Morgan fingerprint density at radius 3 is 2.43 bits per heavy atom. The number of aromatic carboxylic acids is 1. The lowest BCUT2D eigenvalue weighted by molar-refractivity contribution is 0.0697. The zero-order valence-corrected chi connectivity index (χ0v) is 7.68. The Balaban J connectivity index is 2.11. The summed E-state index contributed by atoms with van der Waals surface area (Å²) in [5.74, 6) is -0.0837. The second-order valence-electron chi connectivity index (χ2n) is 3.71. The molecular formula is C11H12O3. The van der Waals surface area contributed by atoms with Gasteiger partial charge in [0.15, 0.2) is 0 Å². The summed E-state index contributed by atoms with van der Waals surface area (Å²) in [6.07, 6.45) is 1.02. The molecule has 1 aliphatic carbocycles. The van der Waals surface area contributed by atoms with Crippen molar-refractivity contribution in [3.63, 3.8) is 0 Å². The summed E-state index contributed by atoms with van der Waals surface area (Å²) in [5.41, 5.74) is 1.45. The normalized spacial score (nSPS) is 24.6. The van der Waals surface area contributed by atoms with Crippen molar-refractivity contribution in [1.82, 2.24) is 0 Å². The minimum atomic E-state index is -0.897. The van der Waals surface area contributed by atoms with Crippen LogP contribution in [-0.4, -0.2) is 22.8 Å². The smallest absolute Gasteiger partial charge is 0.335 e. The third-order valence-corrected chi connectivity index (χ3v) is 2.74. The molecule has 2 unspecified atom stereocenters. The van der Waals surface area contributed by atoms with Crippen molar-refractivity contribution in [2.24, 2.45) is 5.92 Å². The van der Waals surface area contributed by atoms with Crippen molar-refractivity contribution in [3.05, 3.63) is 35.4 Å². The molecule has 3 nitrogen and oxygen atoms in total. The topological polar surface area (TPSA) is 57.5 Å². The second kappa shape index (κ2) is 3.42. The zero-order valence-electron chi connectivity index (χ0n) is 7.68. The maximum absolute atomic E-state index is 10.6. The fraction of sp³-hybridized carbons (Fsp3) is 0.364. The molecule has 1 aliphatic rings. The molecule has 2 atom stereocenters. The summed E-state index contributed by atoms with van der Waals surface area (Å²) in [5, 5.41) is 17.6. The first-order valence-corrected chi connectivity index (χ1v) is 4.66. The number of aliphatic hydroxyl groups is 1. The van der Waals surface area contributed by atoms with Crippen LogP contribution in [0.5, 0.6) is 0 Å². The van der Waals surface area contributed by atoms with Crippen LogP contribution in [0, 0.1) is 5.92 Å². The molecule has 0 bridgehead atoms. The van der Waals surface area contributed by atoms with Crippen molar-refractivity contribution in [1.29, 1.82) is 0 Å². The predicted octanol–water partition coefficient (Wildman–Crippen LogP) is 1.48. The van der Waals surface area contributed by atoms with Crippen molar-refractivity contribution < 1.29 is 15.0 Å². The molecule has 1 aromatic rings. The van der Waals surface area contributed by atoms with Crippen molar-refractivity contribution in [2.45, 2.75) is 12.3 Å². The van der Waals surface area contributed by atoms with E-state index in [0.29, 0.717) is 17.4 Å². The van der Waals surface area contributed by atoms with E-state index in [1.807, 2.05) is 12.1 Å². The largest absolute Gasteiger partial charge is 0.478 e. The minimum absolute atomic E-state index is 0.228. The van der Waals surface area contributed by atoms with Gasteiger partial charge in [0.1, 0.15) is 0 Å². The van der Waals surface area contributed by atoms with E-state index in [4.69, 9.17) is 10.2 Å². The molecule has 2 N–H and O–H groups in total. The number of carboxylic acid groups (broad SMARTS) is 1. The van der Waals surface area contributed by atoms with E-state index in [0.717, 1.165) is 12.0 Å². The number of benzene rings is 1. The van der Waals surface area contributed by atoms with E-state index in [2.05, 4.69) is 0 Å². The third kappa shape index (κ3) is 1.63. The van der Waals surface area contributed by atoms with Gasteiger partial charge in [-0.1, -0.05) is 12.1 Å². The Labute approximate surface area is 82.0 Å². The first-order chi connectivity index (χ1) is 6.72. The monoisotopic (exact) mass is 192 g/mol. The summed E-state index contributed by atoms with van der Waals surface area (Å²) in [4.78, 5) is 10.6. The lowest BCUT2D eigenvalue weighted by Crippen LogP contribution is -1.96. The van der Waals surface area contributed by atoms with Gasteiger partial charge in [0.05, 0.1) is 5.56 Å². The molecule has 0 radical (unpaired) electrons. The Hall–Kier alpha value is -1.35. The Morgan fingerprint density at radius 2 is 2.00 bits per heavy atom. The highest BCUT2D eigenvalue weighted by molar-refractivity contribution is 5.87. The van der Waals surface area contributed by atoms with Crippen LogP contribution in [0.3, 0.4) is 0 Å². The molecule has 0 heterocycles. The Kier molecular flexibility index (Phi) is 2.25. The third-order valence-electron chi connectivity index (χ3n) is 2.74. The highest BCUT2D eigenvalue weighted by atomic mass is 16.4. The van der Waals surface area contributed by atoms with Gasteiger partial charge >= 0.3 is 5.97 Å². The molecule has 0 aromatic heterocycles. The lowest BCUT2D eigenvalue weighted by Gasteiger charge is -1.99. The highest BCUT2D eigenvalue weighted by Gasteiger charge is 2.37. The zero-order chi connectivity index (χ0) is 10.1. The molecular weight excluding hydrogens is 180 g/mol. The van der Waals surface area contributed by atoms with Gasteiger partial charge in [0.2, 0.25) is 0 Å². The first kappa shape index (κ1) is 9.21. The van der Waals surface area contributed by atoms with Gasteiger partial charge in [-0.05, 0) is 36.0 Å². The van der Waals surface area contributed by atoms with Crippen molar-refractivity contribution >= 4 is 5.97 Å². The number of carboxylic acids is 1. The molecule has 0 aliphatic heterocycles. The number of hydrogen-bond acceptors (Lipinski definition) is 2. The average Bonchev–Trinajstić information content (AvgIpc) is 2.97. The van der Waals surface area contributed by atoms with E-state index < -0.39 is 5.97 Å². The van der Waals surface area contributed by atoms with E-state index in [1.54, 1.807) is 12.1 Å². The van der Waals surface area contributed by atoms with Gasteiger partial charge in [0, 0.05) is 6.61 Å². The lowest BCUT2D eigenvalue weighted by atomic mass is 10.1. The van der Waals surface area contributed by atoms with Crippen LogP contribution >= 0.6 is 0 Å². The van der Waals surface area contributed by atoms with Crippen LogP contribution in [-0.2, 0) is 0 Å². The predicted molar refractivity (Wildman–Crippen MR) is 51.3 cm³/mol. The van der Waals surface area contributed by atoms with Gasteiger partial charge in [0.25, 0.3) is 0 Å². The Bertz CT molecular complexity index is 342. The average molecular weight is 192 g/mol. The molecule has 1 fully saturated rings. The highest BCUT2D eigenvalue weighted by Crippen LogP contribution is 2.46. The van der Waals surface area contributed by atoms with Gasteiger partial charge in [-0.2, -0.15) is 0 Å². The molecule has 14 heavy (non-hydrogen) atoms. The summed E-state index contributed by atoms with van der Waals surface area (Å²) < 4.78 is 0. The summed E-state index contributed by atoms with van der Waals surface area (Å²) >= 11 is 0. The van der Waals surface area contributed by atoms with Gasteiger partial charge in [-0.25, -0.2) is 4.79 Å². The second-order valence-corrected chi connectivity index (χ2v) is 3.71. The molecule has 1 aromatic carbocycles. The molecule has 0 saturated heterocycles. The SMILES string of the molecule is O=C(O)c1ccc(C2CC2CO)cc1. The molecule has 2 rings (SSSR count). The van der Waals surface area contributed by atoms with Gasteiger partial charge in [-0.3, -0.25) is 0 Å². The summed E-state index contributed by atoms with van der Waals surface area (Å²) in [7, 11) is 0. The molecule has 1 saturated carbocycles. The van der Waals surface area contributed by atoms with Crippen molar-refractivity contribution in [2.75, 3.05) is 6.61 Å². The van der Waals surface area contributed by atoms with Crippen LogP contribution in [0.4, 0.5) is 0 Å². The molecule has 3 heteroatoms. The minimum Gasteiger partial charge on any atom is -0.478 e. The van der Waals surface area contributed by atoms with Crippen LogP contribution in [0.15, 0.2) is 24.3 Å². The van der Waals surface area contributed by atoms with Crippen LogP contribution in [0.25, 0.3) is 0 Å². The fourth-order valence-electron chi connectivity index (χ4n) is 1.73. The quantitative estimate of drug-likeness (QED) is 0.762. The summed E-state index contributed by atoms with van der Waals surface area (Å²) in [6, 6.07) is 6.91.